The predicted molar refractivity (Wildman–Crippen MR) is 105 cm³/mol. The number of anilines is 1. The largest absolute Gasteiger partial charge is 0.484 e. The van der Waals surface area contributed by atoms with Crippen molar-refractivity contribution in [2.24, 2.45) is 0 Å². The van der Waals surface area contributed by atoms with Gasteiger partial charge in [0.25, 0.3) is 5.91 Å². The molecule has 2 heterocycles. The number of aryl methyl sites for hydroxylation is 1. The summed E-state index contributed by atoms with van der Waals surface area (Å²) in [6.45, 7) is 4.74. The van der Waals surface area contributed by atoms with Crippen molar-refractivity contribution in [3.63, 3.8) is 0 Å². The van der Waals surface area contributed by atoms with Crippen molar-refractivity contribution < 1.29 is 19.1 Å². The Hall–Kier alpha value is -3.09. The number of ether oxygens (including phenoxy) is 2. The Morgan fingerprint density at radius 2 is 2.00 bits per heavy atom. The van der Waals surface area contributed by atoms with Gasteiger partial charge in [-0.15, -0.1) is 0 Å². The molecule has 0 atom stereocenters. The summed E-state index contributed by atoms with van der Waals surface area (Å²) in [6, 6.07) is 11.2. The fraction of sp³-hybridized carbons (Fsp3) is 0.381. The molecular formula is C21H25N3O4. The maximum absolute atomic E-state index is 12.4. The first-order chi connectivity index (χ1) is 13.5. The van der Waals surface area contributed by atoms with Crippen LogP contribution in [0.2, 0.25) is 0 Å². The predicted octanol–water partition coefficient (Wildman–Crippen LogP) is 2.80. The van der Waals surface area contributed by atoms with Crippen LogP contribution in [0, 0.1) is 6.92 Å². The number of hydrogen-bond donors (Lipinski definition) is 1. The highest BCUT2D eigenvalue weighted by Gasteiger charge is 2.24. The van der Waals surface area contributed by atoms with Crippen molar-refractivity contribution in [3.05, 3.63) is 48.2 Å². The second-order valence-electron chi connectivity index (χ2n) is 6.87. The number of likely N-dealkylation sites (tertiary alicyclic amines) is 1. The molecule has 1 aromatic carbocycles. The standard InChI is InChI=1S/C21H25N3O4/c1-15-4-3-5-19(12-15)27-14-21(26)24-10-8-18(9-11-24)28-20-7-6-17(13-22-20)23-16(2)25/h3-7,12-13,18H,8-11,14H2,1-2H3,(H,23,25). The fourth-order valence-corrected chi connectivity index (χ4v) is 3.06. The molecule has 1 N–H and O–H groups in total. The van der Waals surface area contributed by atoms with Gasteiger partial charge in [-0.1, -0.05) is 12.1 Å². The van der Waals surface area contributed by atoms with Crippen LogP contribution in [0.1, 0.15) is 25.3 Å². The number of nitrogens with one attached hydrogen (secondary N) is 1. The van der Waals surface area contributed by atoms with Crippen LogP contribution in [0.4, 0.5) is 5.69 Å². The molecule has 148 valence electrons. The third-order valence-electron chi connectivity index (χ3n) is 4.49. The second kappa shape index (κ2) is 9.21. The molecule has 3 rings (SSSR count). The molecule has 2 aromatic rings. The number of carbonyl (C=O) groups is 2. The lowest BCUT2D eigenvalue weighted by Crippen LogP contribution is -2.43. The maximum atomic E-state index is 12.4. The molecular weight excluding hydrogens is 358 g/mol. The summed E-state index contributed by atoms with van der Waals surface area (Å²) in [5.74, 6) is 1.07. The minimum atomic E-state index is -0.140. The number of benzene rings is 1. The molecule has 1 aliphatic heterocycles. The Bertz CT molecular complexity index is 815. The van der Waals surface area contributed by atoms with E-state index in [1.54, 1.807) is 18.3 Å². The molecule has 1 fully saturated rings. The van der Waals surface area contributed by atoms with Crippen LogP contribution < -0.4 is 14.8 Å². The van der Waals surface area contributed by atoms with Gasteiger partial charge < -0.3 is 19.7 Å². The first-order valence-electron chi connectivity index (χ1n) is 9.37. The number of rotatable bonds is 6. The van der Waals surface area contributed by atoms with Gasteiger partial charge in [0.2, 0.25) is 11.8 Å². The zero-order valence-corrected chi connectivity index (χ0v) is 16.2. The van der Waals surface area contributed by atoms with Crippen LogP contribution in [-0.4, -0.2) is 47.5 Å². The first-order valence-corrected chi connectivity index (χ1v) is 9.37. The van der Waals surface area contributed by atoms with Crippen LogP contribution in [0.5, 0.6) is 11.6 Å². The lowest BCUT2D eigenvalue weighted by Gasteiger charge is -2.31. The number of carbonyl (C=O) groups excluding carboxylic acids is 2. The summed E-state index contributed by atoms with van der Waals surface area (Å²) in [5.41, 5.74) is 1.73. The van der Waals surface area contributed by atoms with Crippen LogP contribution >= 0.6 is 0 Å². The molecule has 2 amide bonds. The number of aromatic nitrogens is 1. The Labute approximate surface area is 164 Å². The van der Waals surface area contributed by atoms with E-state index in [2.05, 4.69) is 10.3 Å². The lowest BCUT2D eigenvalue weighted by atomic mass is 10.1. The Morgan fingerprint density at radius 3 is 2.64 bits per heavy atom. The highest BCUT2D eigenvalue weighted by molar-refractivity contribution is 5.88. The average molecular weight is 383 g/mol. The van der Waals surface area contributed by atoms with Crippen molar-refractivity contribution >= 4 is 17.5 Å². The minimum absolute atomic E-state index is 0.0147. The molecule has 0 radical (unpaired) electrons. The minimum Gasteiger partial charge on any atom is -0.484 e. The van der Waals surface area contributed by atoms with E-state index in [4.69, 9.17) is 9.47 Å². The Balaban J connectivity index is 1.42. The smallest absolute Gasteiger partial charge is 0.260 e. The van der Waals surface area contributed by atoms with Crippen LogP contribution in [-0.2, 0) is 9.59 Å². The molecule has 0 aliphatic carbocycles. The molecule has 0 unspecified atom stereocenters. The van der Waals surface area contributed by atoms with Gasteiger partial charge in [0.05, 0.1) is 11.9 Å². The summed E-state index contributed by atoms with van der Waals surface area (Å²) in [7, 11) is 0. The second-order valence-corrected chi connectivity index (χ2v) is 6.87. The zero-order valence-electron chi connectivity index (χ0n) is 16.2. The van der Waals surface area contributed by atoms with E-state index < -0.39 is 0 Å². The van der Waals surface area contributed by atoms with Gasteiger partial charge in [0.1, 0.15) is 11.9 Å². The monoisotopic (exact) mass is 383 g/mol. The summed E-state index contributed by atoms with van der Waals surface area (Å²) < 4.78 is 11.5. The van der Waals surface area contributed by atoms with Crippen LogP contribution in [0.25, 0.3) is 0 Å². The van der Waals surface area contributed by atoms with E-state index in [1.165, 1.54) is 6.92 Å². The topological polar surface area (TPSA) is 80.8 Å². The lowest BCUT2D eigenvalue weighted by molar-refractivity contribution is -0.135. The summed E-state index contributed by atoms with van der Waals surface area (Å²) in [6.07, 6.45) is 3.06. The number of hydrogen-bond acceptors (Lipinski definition) is 5. The van der Waals surface area contributed by atoms with Gasteiger partial charge in [0, 0.05) is 38.9 Å². The van der Waals surface area contributed by atoms with E-state index in [-0.39, 0.29) is 24.5 Å². The highest BCUT2D eigenvalue weighted by Crippen LogP contribution is 2.19. The number of amides is 2. The van der Waals surface area contributed by atoms with E-state index in [0.29, 0.717) is 30.4 Å². The molecule has 1 saturated heterocycles. The normalized spacial score (nSPS) is 14.4. The Kier molecular flexibility index (Phi) is 6.47. The summed E-state index contributed by atoms with van der Waals surface area (Å²) >= 11 is 0. The molecule has 0 bridgehead atoms. The van der Waals surface area contributed by atoms with E-state index in [9.17, 15) is 9.59 Å². The average Bonchev–Trinajstić information content (AvgIpc) is 2.68. The number of nitrogens with zero attached hydrogens (tertiary/aromatic N) is 2. The third-order valence-corrected chi connectivity index (χ3v) is 4.49. The molecule has 0 saturated carbocycles. The van der Waals surface area contributed by atoms with E-state index in [1.807, 2.05) is 36.1 Å². The highest BCUT2D eigenvalue weighted by atomic mass is 16.5. The number of pyridine rings is 1. The third kappa shape index (κ3) is 5.70. The van der Waals surface area contributed by atoms with Gasteiger partial charge in [-0.25, -0.2) is 4.98 Å². The van der Waals surface area contributed by atoms with Crippen molar-refractivity contribution in [2.75, 3.05) is 25.0 Å². The van der Waals surface area contributed by atoms with Gasteiger partial charge in [-0.05, 0) is 30.7 Å². The van der Waals surface area contributed by atoms with Gasteiger partial charge >= 0.3 is 0 Å². The SMILES string of the molecule is CC(=O)Nc1ccc(OC2CCN(C(=O)COc3cccc(C)c3)CC2)nc1. The summed E-state index contributed by atoms with van der Waals surface area (Å²) in [4.78, 5) is 29.4. The fourth-order valence-electron chi connectivity index (χ4n) is 3.06. The molecule has 7 nitrogen and oxygen atoms in total. The molecule has 1 aliphatic rings. The van der Waals surface area contributed by atoms with E-state index in [0.717, 1.165) is 18.4 Å². The summed E-state index contributed by atoms with van der Waals surface area (Å²) in [5, 5.41) is 2.67. The van der Waals surface area contributed by atoms with Crippen molar-refractivity contribution in [2.45, 2.75) is 32.8 Å². The molecule has 0 spiro atoms. The van der Waals surface area contributed by atoms with Crippen LogP contribution in [0.3, 0.4) is 0 Å². The van der Waals surface area contributed by atoms with Crippen molar-refractivity contribution in [1.82, 2.24) is 9.88 Å². The number of piperidine rings is 1. The van der Waals surface area contributed by atoms with E-state index >= 15 is 0 Å². The van der Waals surface area contributed by atoms with Gasteiger partial charge in [0.15, 0.2) is 6.61 Å². The van der Waals surface area contributed by atoms with Gasteiger partial charge in [-0.3, -0.25) is 9.59 Å². The molecule has 7 heteroatoms. The van der Waals surface area contributed by atoms with Crippen LogP contribution in [0.15, 0.2) is 42.6 Å². The van der Waals surface area contributed by atoms with Crippen molar-refractivity contribution in [3.8, 4) is 11.6 Å². The first kappa shape index (κ1) is 19.7. The van der Waals surface area contributed by atoms with Gasteiger partial charge in [-0.2, -0.15) is 0 Å². The van der Waals surface area contributed by atoms with Crippen molar-refractivity contribution in [1.29, 1.82) is 0 Å². The maximum Gasteiger partial charge on any atom is 0.260 e. The quantitative estimate of drug-likeness (QED) is 0.830. The zero-order chi connectivity index (χ0) is 19.9. The molecule has 1 aromatic heterocycles. The Morgan fingerprint density at radius 1 is 1.21 bits per heavy atom. The molecule has 28 heavy (non-hydrogen) atoms.